The zero-order valence-electron chi connectivity index (χ0n) is 40.0. The van der Waals surface area contributed by atoms with E-state index >= 15 is 19.2 Å². The van der Waals surface area contributed by atoms with Crippen LogP contribution in [0.2, 0.25) is 0 Å². The summed E-state index contributed by atoms with van der Waals surface area (Å²) in [6, 6.07) is 30.6. The van der Waals surface area contributed by atoms with E-state index in [0.29, 0.717) is 65.6 Å². The highest BCUT2D eigenvalue weighted by atomic mass is 16.2. The van der Waals surface area contributed by atoms with Crippen molar-refractivity contribution in [3.8, 4) is 11.4 Å². The highest BCUT2D eigenvalue weighted by Crippen LogP contribution is 2.55. The first-order valence-corrected chi connectivity index (χ1v) is 24.3. The Labute approximate surface area is 399 Å². The van der Waals surface area contributed by atoms with Gasteiger partial charge >= 0.3 is 0 Å². The molecule has 0 saturated carbocycles. The molecule has 11 aromatic carbocycles. The van der Waals surface area contributed by atoms with E-state index in [1.54, 1.807) is 12.1 Å². The summed E-state index contributed by atoms with van der Waals surface area (Å²) in [4.78, 5) is 88.2. The molecule has 70 heavy (non-hydrogen) atoms. The molecular weight excluding hydrogens is 869 g/mol. The molecule has 0 unspecified atom stereocenters. The van der Waals surface area contributed by atoms with Crippen molar-refractivity contribution < 1.29 is 9.59 Å². The van der Waals surface area contributed by atoms with Gasteiger partial charge in [-0.15, -0.1) is 0 Å². The zero-order chi connectivity index (χ0) is 48.7. The number of para-hydroxylation sites is 2. The van der Waals surface area contributed by atoms with Crippen molar-refractivity contribution in [3.05, 3.63) is 172 Å². The molecule has 2 heterocycles. The van der Waals surface area contributed by atoms with Gasteiger partial charge in [0.25, 0.3) is 22.2 Å². The van der Waals surface area contributed by atoms with Crippen LogP contribution in [-0.2, 0) is 0 Å². The molecule has 0 atom stereocenters. The largest absolute Gasteiger partial charge is 0.298 e. The van der Waals surface area contributed by atoms with Gasteiger partial charge in [0.1, 0.15) is 12.6 Å². The number of carbonyl (C=O) groups is 2. The van der Waals surface area contributed by atoms with Gasteiger partial charge in [-0.05, 0) is 147 Å². The quantitative estimate of drug-likeness (QED) is 0.0852. The maximum atomic E-state index is 15.7. The first-order valence-electron chi connectivity index (χ1n) is 24.3. The maximum Gasteiger partial charge on any atom is 0.266 e. The highest BCUT2D eigenvalue weighted by Gasteiger charge is 2.32. The van der Waals surface area contributed by atoms with E-state index in [0.717, 1.165) is 99.5 Å². The van der Waals surface area contributed by atoms with Gasteiger partial charge in [-0.1, -0.05) is 116 Å². The van der Waals surface area contributed by atoms with Crippen LogP contribution < -0.4 is 22.2 Å². The van der Waals surface area contributed by atoms with E-state index in [-0.39, 0.29) is 23.7 Å². The van der Waals surface area contributed by atoms with Gasteiger partial charge in [0.05, 0.1) is 11.4 Å². The fourth-order valence-corrected chi connectivity index (χ4v) is 12.6. The van der Waals surface area contributed by atoms with E-state index in [1.165, 1.54) is 9.13 Å². The predicted octanol–water partition coefficient (Wildman–Crippen LogP) is 13.5. The van der Waals surface area contributed by atoms with Crippen LogP contribution in [0.5, 0.6) is 0 Å². The number of rotatable bonds is 8. The summed E-state index contributed by atoms with van der Waals surface area (Å²) in [5.74, 6) is -0.0392. The lowest BCUT2D eigenvalue weighted by molar-refractivity contribution is 0.111. The standard InChI is InChI=1S/C62H46N2O6/c1-27(2)33-11-9-12-34(28(3)4)57(33)63-59(67)45-21-41-37-17-15-32(26-66)20-40(37)44-24-48-50-46(60(68)64(62(48)70)58-35(29(5)6)13-10-14-36(58)30(7)8)22-42-38-18-16-31(25-65)19-39(38)43-23-47(61(63)69)49(45)55-51(41)54(44)56(50)52(42)53(43)55/h9-30H,1-8H3. The first-order chi connectivity index (χ1) is 33.7. The van der Waals surface area contributed by atoms with Crippen LogP contribution in [0.25, 0.3) is 119 Å². The summed E-state index contributed by atoms with van der Waals surface area (Å²) >= 11 is 0. The highest BCUT2D eigenvalue weighted by molar-refractivity contribution is 6.54. The molecule has 0 aliphatic carbocycles. The Hall–Kier alpha value is -8.10. The van der Waals surface area contributed by atoms with Gasteiger partial charge < -0.3 is 0 Å². The monoisotopic (exact) mass is 914 g/mol. The lowest BCUT2D eigenvalue weighted by atomic mass is 9.77. The van der Waals surface area contributed by atoms with E-state index in [4.69, 9.17) is 0 Å². The van der Waals surface area contributed by atoms with Crippen molar-refractivity contribution >= 4 is 120 Å². The second kappa shape index (κ2) is 14.2. The van der Waals surface area contributed by atoms with E-state index in [1.807, 2.05) is 84.9 Å². The Kier molecular flexibility index (Phi) is 8.55. The minimum atomic E-state index is -0.434. The number of hydrogen-bond donors (Lipinski definition) is 0. The molecule has 0 spiro atoms. The number of aldehydes is 2. The number of nitrogens with zero attached hydrogens (tertiary/aromatic N) is 2. The van der Waals surface area contributed by atoms with Crippen molar-refractivity contribution in [1.82, 2.24) is 9.13 Å². The van der Waals surface area contributed by atoms with Crippen molar-refractivity contribution in [2.75, 3.05) is 0 Å². The average molecular weight is 915 g/mol. The molecule has 13 rings (SSSR count). The number of pyridine rings is 2. The molecule has 0 fully saturated rings. The normalized spacial score (nSPS) is 12.9. The summed E-state index contributed by atoms with van der Waals surface area (Å²) in [5, 5.41) is 13.1. The summed E-state index contributed by atoms with van der Waals surface area (Å²) < 4.78 is 2.77. The van der Waals surface area contributed by atoms with Crippen LogP contribution in [-0.4, -0.2) is 21.7 Å². The van der Waals surface area contributed by atoms with Gasteiger partial charge in [0.2, 0.25) is 0 Å². The van der Waals surface area contributed by atoms with E-state index in [2.05, 4.69) is 55.4 Å². The maximum absolute atomic E-state index is 15.7. The average Bonchev–Trinajstić information content (AvgIpc) is 3.35. The van der Waals surface area contributed by atoms with Crippen LogP contribution in [0, 0.1) is 0 Å². The fourth-order valence-electron chi connectivity index (χ4n) is 12.6. The molecule has 13 aromatic rings. The fraction of sp³-hybridized carbons (Fsp3) is 0.194. The van der Waals surface area contributed by atoms with E-state index < -0.39 is 22.2 Å². The van der Waals surface area contributed by atoms with Crippen molar-refractivity contribution in [2.45, 2.75) is 79.1 Å². The van der Waals surface area contributed by atoms with Crippen LogP contribution in [0.4, 0.5) is 0 Å². The van der Waals surface area contributed by atoms with Gasteiger partial charge in [-0.25, -0.2) is 9.13 Å². The number of benzene rings is 11. The molecule has 0 bridgehead atoms. The molecule has 0 aliphatic heterocycles. The lowest BCUT2D eigenvalue weighted by Gasteiger charge is -2.27. The predicted molar refractivity (Wildman–Crippen MR) is 288 cm³/mol. The SMILES string of the molecule is CC(C)c1cccc(C(C)C)c1-n1c(=O)c2cc3c4ccc(C=O)cc4c4cc5c(=O)n(-c6c(C(C)C)cccc6C(C)C)c(=O)c6cc7c8ccc(C=O)cc8c8cc(c1=O)c2c1c3c4c(c65)c7c81. The number of carbonyl (C=O) groups excluding carboxylic acids is 2. The van der Waals surface area contributed by atoms with Crippen LogP contribution in [0.3, 0.4) is 0 Å². The molecule has 0 amide bonds. The summed E-state index contributed by atoms with van der Waals surface area (Å²) in [7, 11) is 0. The smallest absolute Gasteiger partial charge is 0.266 e. The Balaban J connectivity index is 1.37. The van der Waals surface area contributed by atoms with Crippen LogP contribution >= 0.6 is 0 Å². The van der Waals surface area contributed by atoms with Crippen LogP contribution in [0.15, 0.2) is 116 Å². The Morgan fingerprint density at radius 1 is 0.314 bits per heavy atom. The van der Waals surface area contributed by atoms with Crippen molar-refractivity contribution in [2.24, 2.45) is 0 Å². The Bertz CT molecular complexity index is 4370. The van der Waals surface area contributed by atoms with Crippen molar-refractivity contribution in [3.63, 3.8) is 0 Å². The molecule has 340 valence electrons. The minimum Gasteiger partial charge on any atom is -0.298 e. The van der Waals surface area contributed by atoms with Gasteiger partial charge in [0, 0.05) is 54.2 Å². The number of hydrogen-bond acceptors (Lipinski definition) is 6. The third kappa shape index (κ3) is 5.10. The second-order valence-electron chi connectivity index (χ2n) is 20.8. The molecule has 0 saturated heterocycles. The molecule has 0 N–H and O–H groups in total. The third-order valence-electron chi connectivity index (χ3n) is 15.7. The Morgan fingerprint density at radius 3 is 0.871 bits per heavy atom. The van der Waals surface area contributed by atoms with Gasteiger partial charge in [-0.2, -0.15) is 0 Å². The van der Waals surface area contributed by atoms with Crippen LogP contribution in [0.1, 0.15) is 122 Å². The minimum absolute atomic E-state index is 0.00980. The molecule has 8 nitrogen and oxygen atoms in total. The molecule has 8 heteroatoms. The van der Waals surface area contributed by atoms with Gasteiger partial charge in [-0.3, -0.25) is 28.8 Å². The number of aromatic nitrogens is 2. The summed E-state index contributed by atoms with van der Waals surface area (Å²) in [6.45, 7) is 16.5. The molecule has 2 aromatic heterocycles. The zero-order valence-corrected chi connectivity index (χ0v) is 40.0. The molecular formula is C62H46N2O6. The molecule has 0 aliphatic rings. The van der Waals surface area contributed by atoms with Crippen molar-refractivity contribution in [1.29, 1.82) is 0 Å². The lowest BCUT2D eigenvalue weighted by Crippen LogP contribution is -2.34. The Morgan fingerprint density at radius 2 is 0.600 bits per heavy atom. The second-order valence-corrected chi connectivity index (χ2v) is 20.8. The van der Waals surface area contributed by atoms with Gasteiger partial charge in [0.15, 0.2) is 0 Å². The summed E-state index contributed by atoms with van der Waals surface area (Å²) in [6.07, 6.45) is 1.62. The van der Waals surface area contributed by atoms with E-state index in [9.17, 15) is 9.59 Å². The third-order valence-corrected chi connectivity index (χ3v) is 15.7. The topological polar surface area (TPSA) is 112 Å². The number of fused-ring (bicyclic) bond motifs is 6. The molecule has 0 radical (unpaired) electrons. The summed E-state index contributed by atoms with van der Waals surface area (Å²) in [5.41, 5.74) is 3.89. The first kappa shape index (κ1) is 42.0.